The molecular formula is C26H32N9O7S2+. The molecule has 0 aromatic carbocycles. The zero-order chi connectivity index (χ0) is 31.8. The summed E-state index contributed by atoms with van der Waals surface area (Å²) in [6.07, 6.45) is 5.60. The average molecular weight is 647 g/mol. The molecule has 0 saturated carbocycles. The Hall–Kier alpha value is -4.29. The number of nitrogens with two attached hydrogens (primary N) is 2. The number of hydrogen-bond donors (Lipinski definition) is 5. The molecule has 3 aliphatic rings. The van der Waals surface area contributed by atoms with E-state index in [0.29, 0.717) is 11.3 Å². The van der Waals surface area contributed by atoms with Crippen LogP contribution < -0.4 is 26.3 Å². The van der Waals surface area contributed by atoms with E-state index in [0.717, 1.165) is 43.2 Å². The Morgan fingerprint density at radius 2 is 1.91 bits per heavy atom. The smallest absolute Gasteiger partial charge is 0.352 e. The number of carboxylic acids is 2. The standard InChI is InChI=1S/C26H31N9O7S2/c1-26(2,24(40)41)42-31-16(19-30-25(28)44-32-19)20(36)29-17-21(37)35-18(23(38)39)13(12-43-22(17)35)11-33-7-5-15(6-8-33)34-9-3-14(27)4-10-34/h5-8,14,17,22H,3-4,9-12,27H2,1-2H3,(H4-,28,29,30,32,36,38,39,40,41)/p+1. The summed E-state index contributed by atoms with van der Waals surface area (Å²) in [7, 11) is 0. The number of fused-ring (bicyclic) bond motifs is 1. The lowest BCUT2D eigenvalue weighted by Gasteiger charge is -2.49. The quantitative estimate of drug-likeness (QED) is 0.0937. The predicted octanol–water partition coefficient (Wildman–Crippen LogP) is -0.642. The van der Waals surface area contributed by atoms with Gasteiger partial charge >= 0.3 is 11.9 Å². The maximum Gasteiger partial charge on any atom is 0.352 e. The number of oxime groups is 1. The summed E-state index contributed by atoms with van der Waals surface area (Å²) in [5, 5.41) is 25.0. The number of β-lactam (4-membered cyclic amide) rings is 1. The number of nitrogens with one attached hydrogen (secondary N) is 1. The zero-order valence-electron chi connectivity index (χ0n) is 23.9. The molecule has 2 amide bonds. The van der Waals surface area contributed by atoms with Gasteiger partial charge < -0.3 is 36.7 Å². The van der Waals surface area contributed by atoms with Crippen LogP contribution in [0, 0.1) is 0 Å². The monoisotopic (exact) mass is 646 g/mol. The van der Waals surface area contributed by atoms with E-state index >= 15 is 0 Å². The number of rotatable bonds is 10. The van der Waals surface area contributed by atoms with Gasteiger partial charge in [-0.3, -0.25) is 14.5 Å². The summed E-state index contributed by atoms with van der Waals surface area (Å²) >= 11 is 2.10. The lowest BCUT2D eigenvalue weighted by molar-refractivity contribution is -0.689. The van der Waals surface area contributed by atoms with Crippen molar-refractivity contribution in [3.8, 4) is 0 Å². The van der Waals surface area contributed by atoms with Gasteiger partial charge in [0.2, 0.25) is 17.1 Å². The van der Waals surface area contributed by atoms with Gasteiger partial charge in [0.1, 0.15) is 17.1 Å². The Kier molecular flexibility index (Phi) is 8.76. The molecule has 2 aromatic heterocycles. The number of pyridine rings is 1. The Bertz CT molecular complexity index is 1530. The molecule has 3 aliphatic heterocycles. The zero-order valence-corrected chi connectivity index (χ0v) is 25.5. The minimum absolute atomic E-state index is 0.0271. The van der Waals surface area contributed by atoms with Crippen molar-refractivity contribution in [1.29, 1.82) is 0 Å². The molecule has 5 rings (SSSR count). The van der Waals surface area contributed by atoms with E-state index in [-0.39, 0.29) is 29.2 Å². The van der Waals surface area contributed by atoms with Crippen LogP contribution in [-0.2, 0) is 30.6 Å². The second-order valence-electron chi connectivity index (χ2n) is 11.0. The van der Waals surface area contributed by atoms with E-state index in [2.05, 4.69) is 24.7 Å². The van der Waals surface area contributed by atoms with Crippen LogP contribution >= 0.6 is 23.3 Å². The third-order valence-corrected chi connectivity index (χ3v) is 9.32. The molecule has 0 spiro atoms. The van der Waals surface area contributed by atoms with Gasteiger partial charge in [-0.05, 0) is 26.7 Å². The van der Waals surface area contributed by atoms with Crippen LogP contribution in [0.4, 0.5) is 10.8 Å². The Balaban J connectivity index is 1.30. The SMILES string of the molecule is CC(C)(ON=C(C(=O)NC1C(=O)N2C(C(=O)O)=C(C[n+]3ccc(N4CCC(N)CC4)cc3)CSC12)c1nsc(N)n1)C(=O)O. The molecule has 2 saturated heterocycles. The number of amides is 2. The number of hydrogen-bond acceptors (Lipinski definition) is 13. The molecule has 44 heavy (non-hydrogen) atoms. The lowest BCUT2D eigenvalue weighted by Crippen LogP contribution is -2.71. The molecule has 2 unspecified atom stereocenters. The van der Waals surface area contributed by atoms with E-state index in [1.807, 2.05) is 29.1 Å². The number of carbonyl (C=O) groups is 4. The molecule has 18 heteroatoms. The van der Waals surface area contributed by atoms with Crippen molar-refractivity contribution in [3.05, 3.63) is 41.6 Å². The van der Waals surface area contributed by atoms with E-state index < -0.39 is 46.5 Å². The number of aromatic nitrogens is 3. The first-order valence-electron chi connectivity index (χ1n) is 13.7. The molecule has 0 radical (unpaired) electrons. The number of piperidine rings is 1. The Labute approximate surface area is 259 Å². The Morgan fingerprint density at radius 3 is 2.50 bits per heavy atom. The second-order valence-corrected chi connectivity index (χ2v) is 12.9. The first kappa shape index (κ1) is 31.1. The molecule has 16 nitrogen and oxygen atoms in total. The van der Waals surface area contributed by atoms with E-state index in [1.165, 1.54) is 30.5 Å². The van der Waals surface area contributed by atoms with Gasteiger partial charge in [0.05, 0.1) is 0 Å². The number of anilines is 2. The number of thioether (sulfide) groups is 1. The summed E-state index contributed by atoms with van der Waals surface area (Å²) < 4.78 is 5.80. The van der Waals surface area contributed by atoms with Crippen molar-refractivity contribution in [1.82, 2.24) is 19.6 Å². The molecule has 7 N–H and O–H groups in total. The molecule has 2 atom stereocenters. The molecular weight excluding hydrogens is 614 g/mol. The summed E-state index contributed by atoms with van der Waals surface area (Å²) in [6.45, 7) is 4.48. The van der Waals surface area contributed by atoms with Crippen LogP contribution in [0.5, 0.6) is 0 Å². The maximum atomic E-state index is 13.2. The fraction of sp³-hybridized carbons (Fsp3) is 0.462. The van der Waals surface area contributed by atoms with Gasteiger partial charge in [0, 0.05) is 59.8 Å². The average Bonchev–Trinajstić information content (AvgIpc) is 3.41. The minimum atomic E-state index is -1.78. The van der Waals surface area contributed by atoms with Gasteiger partial charge in [-0.15, -0.1) is 11.8 Å². The van der Waals surface area contributed by atoms with Gasteiger partial charge in [0.15, 0.2) is 24.1 Å². The highest BCUT2D eigenvalue weighted by Gasteiger charge is 2.55. The topological polar surface area (TPSA) is 231 Å². The van der Waals surface area contributed by atoms with E-state index in [9.17, 15) is 29.4 Å². The molecule has 5 heterocycles. The van der Waals surface area contributed by atoms with Crippen molar-refractivity contribution in [2.24, 2.45) is 10.9 Å². The van der Waals surface area contributed by atoms with Crippen LogP contribution in [0.15, 0.2) is 41.0 Å². The summed E-state index contributed by atoms with van der Waals surface area (Å²) in [4.78, 5) is 62.7. The largest absolute Gasteiger partial charge is 0.478 e. The van der Waals surface area contributed by atoms with Crippen molar-refractivity contribution in [2.75, 3.05) is 29.5 Å². The van der Waals surface area contributed by atoms with E-state index in [4.69, 9.17) is 16.3 Å². The van der Waals surface area contributed by atoms with Crippen molar-refractivity contribution in [2.45, 2.75) is 56.3 Å². The van der Waals surface area contributed by atoms with Gasteiger partial charge in [-0.1, -0.05) is 5.16 Å². The highest BCUT2D eigenvalue weighted by molar-refractivity contribution is 8.00. The predicted molar refractivity (Wildman–Crippen MR) is 159 cm³/mol. The number of aliphatic carboxylic acids is 2. The summed E-state index contributed by atoms with van der Waals surface area (Å²) in [5.41, 5.74) is 10.9. The molecule has 2 aromatic rings. The number of carbonyl (C=O) groups excluding carboxylic acids is 2. The highest BCUT2D eigenvalue weighted by Crippen LogP contribution is 2.40. The fourth-order valence-corrected chi connectivity index (χ4v) is 6.64. The summed E-state index contributed by atoms with van der Waals surface area (Å²) in [5.74, 6) is -4.03. The van der Waals surface area contributed by atoms with Crippen molar-refractivity contribution in [3.63, 3.8) is 0 Å². The number of carboxylic acid groups (broad SMARTS) is 2. The van der Waals surface area contributed by atoms with E-state index in [1.54, 1.807) is 0 Å². The number of nitrogen functional groups attached to an aromatic ring is 1. The third kappa shape index (κ3) is 6.31. The minimum Gasteiger partial charge on any atom is -0.478 e. The molecule has 0 aliphatic carbocycles. The van der Waals surface area contributed by atoms with Gasteiger partial charge in [-0.2, -0.15) is 9.36 Å². The molecule has 2 fully saturated rings. The van der Waals surface area contributed by atoms with Gasteiger partial charge in [-0.25, -0.2) is 14.2 Å². The Morgan fingerprint density at radius 1 is 1.23 bits per heavy atom. The molecule has 0 bridgehead atoms. The fourth-order valence-electron chi connectivity index (χ4n) is 4.87. The maximum absolute atomic E-state index is 13.2. The van der Waals surface area contributed by atoms with Crippen LogP contribution in [0.2, 0.25) is 0 Å². The first-order valence-corrected chi connectivity index (χ1v) is 15.5. The van der Waals surface area contributed by atoms with Crippen LogP contribution in [0.3, 0.4) is 0 Å². The lowest BCUT2D eigenvalue weighted by atomic mass is 10.0. The first-order chi connectivity index (χ1) is 20.9. The van der Waals surface area contributed by atoms with Crippen LogP contribution in [0.25, 0.3) is 0 Å². The highest BCUT2D eigenvalue weighted by atomic mass is 32.2. The normalized spacial score (nSPS) is 21.1. The van der Waals surface area contributed by atoms with Crippen molar-refractivity contribution >= 4 is 63.6 Å². The van der Waals surface area contributed by atoms with Crippen molar-refractivity contribution < 1.29 is 38.8 Å². The summed E-state index contributed by atoms with van der Waals surface area (Å²) in [6, 6.07) is 3.09. The third-order valence-electron chi connectivity index (χ3n) is 7.44. The number of nitrogens with zero attached hydrogens (tertiary/aromatic N) is 6. The van der Waals surface area contributed by atoms with Gasteiger partial charge in [0.25, 0.3) is 11.8 Å². The second kappa shape index (κ2) is 12.4. The van der Waals surface area contributed by atoms with Crippen LogP contribution in [-0.4, -0.2) is 95.8 Å². The molecule has 234 valence electrons. The van der Waals surface area contributed by atoms with Crippen LogP contribution in [0.1, 0.15) is 32.5 Å².